The molecule has 2 N–H and O–H groups in total. The fourth-order valence-corrected chi connectivity index (χ4v) is 4.17. The highest BCUT2D eigenvalue weighted by Crippen LogP contribution is 2.33. The number of piperazine rings is 1. The second kappa shape index (κ2) is 10.6. The maximum Gasteiger partial charge on any atom is 0.300 e. The van der Waals surface area contributed by atoms with Crippen LogP contribution in [0.25, 0.3) is 0 Å². The molecule has 7 nitrogen and oxygen atoms in total. The third kappa shape index (κ3) is 6.05. The van der Waals surface area contributed by atoms with Crippen LogP contribution in [0.5, 0.6) is 0 Å². The summed E-state index contributed by atoms with van der Waals surface area (Å²) in [6.07, 6.45) is 2.46. The molecule has 1 spiro atoms. The van der Waals surface area contributed by atoms with Crippen molar-refractivity contribution in [3.05, 3.63) is 35.9 Å². The van der Waals surface area contributed by atoms with E-state index in [0.29, 0.717) is 12.5 Å². The van der Waals surface area contributed by atoms with Crippen LogP contribution in [-0.4, -0.2) is 70.4 Å². The number of carboxylic acids is 1. The van der Waals surface area contributed by atoms with Crippen LogP contribution in [0, 0.1) is 5.92 Å². The molecule has 1 atom stereocenters. The summed E-state index contributed by atoms with van der Waals surface area (Å²) < 4.78 is 0. The zero-order valence-corrected chi connectivity index (χ0v) is 18.6. The van der Waals surface area contributed by atoms with Crippen LogP contribution in [0.4, 0.5) is 0 Å². The Hall–Kier alpha value is -2.41. The predicted octanol–water partition coefficient (Wildman–Crippen LogP) is 2.16. The molecule has 30 heavy (non-hydrogen) atoms. The first-order chi connectivity index (χ1) is 14.2. The Morgan fingerprint density at radius 3 is 2.30 bits per heavy atom. The lowest BCUT2D eigenvalue weighted by molar-refractivity contribution is -0.161. The highest BCUT2D eigenvalue weighted by molar-refractivity contribution is 5.99. The minimum atomic E-state index is -0.833. The van der Waals surface area contributed by atoms with Crippen molar-refractivity contribution in [3.63, 3.8) is 0 Å². The summed E-state index contributed by atoms with van der Waals surface area (Å²) in [5.74, 6) is -0.381. The van der Waals surface area contributed by atoms with E-state index < -0.39 is 17.6 Å². The Morgan fingerprint density at radius 2 is 1.77 bits per heavy atom. The highest BCUT2D eigenvalue weighted by Gasteiger charge is 2.52. The predicted molar refractivity (Wildman–Crippen MR) is 116 cm³/mol. The van der Waals surface area contributed by atoms with Crippen LogP contribution in [0.3, 0.4) is 0 Å². The molecule has 1 aromatic rings. The second-order valence-electron chi connectivity index (χ2n) is 8.67. The lowest BCUT2D eigenvalue weighted by Gasteiger charge is -2.51. The molecular weight excluding hydrogens is 382 g/mol. The van der Waals surface area contributed by atoms with Crippen LogP contribution in [0.1, 0.15) is 46.1 Å². The van der Waals surface area contributed by atoms with E-state index >= 15 is 0 Å². The van der Waals surface area contributed by atoms with Gasteiger partial charge in [-0.1, -0.05) is 44.2 Å². The molecule has 0 bridgehead atoms. The molecule has 0 radical (unpaired) electrons. The molecule has 0 aromatic heterocycles. The molecule has 0 unspecified atom stereocenters. The fourth-order valence-electron chi connectivity index (χ4n) is 4.17. The average molecular weight is 418 g/mol. The van der Waals surface area contributed by atoms with Gasteiger partial charge in [-0.15, -0.1) is 0 Å². The van der Waals surface area contributed by atoms with Gasteiger partial charge >= 0.3 is 0 Å². The smallest absolute Gasteiger partial charge is 0.300 e. The van der Waals surface area contributed by atoms with Crippen LogP contribution in [-0.2, 0) is 20.8 Å². The molecule has 0 aliphatic carbocycles. The van der Waals surface area contributed by atoms with Crippen LogP contribution < -0.4 is 5.32 Å². The second-order valence-corrected chi connectivity index (χ2v) is 8.67. The number of aliphatic carboxylic acids is 1. The van der Waals surface area contributed by atoms with E-state index in [-0.39, 0.29) is 11.8 Å². The van der Waals surface area contributed by atoms with Crippen LogP contribution in [0.15, 0.2) is 30.3 Å². The standard InChI is InChI=1S/C21H31N3O2.C2H4O2/c1-16(2)15-24-19(25)17(3)22-20(26)21(24)10-13-23(14-11-21)12-9-18-7-5-4-6-8-18;1-2(3)4/h4-8,16-17H,9-15H2,1-3H3,(H,22,26);1H3,(H,3,4)/t17-;/m0./s1. The molecule has 7 heteroatoms. The maximum absolute atomic E-state index is 12.9. The molecule has 166 valence electrons. The number of hydrogen-bond acceptors (Lipinski definition) is 4. The number of nitrogens with zero attached hydrogens (tertiary/aromatic N) is 2. The Labute approximate surface area is 179 Å². The topological polar surface area (TPSA) is 90.0 Å². The monoisotopic (exact) mass is 417 g/mol. The lowest BCUT2D eigenvalue weighted by atomic mass is 9.81. The number of carbonyl (C=O) groups excluding carboxylic acids is 2. The van der Waals surface area contributed by atoms with E-state index in [1.165, 1.54) is 5.56 Å². The lowest BCUT2D eigenvalue weighted by Crippen LogP contribution is -2.72. The van der Waals surface area contributed by atoms with Gasteiger partial charge in [0.2, 0.25) is 11.8 Å². The first kappa shape index (κ1) is 23.9. The summed E-state index contributed by atoms with van der Waals surface area (Å²) in [4.78, 5) is 39.0. The molecule has 1 aromatic carbocycles. The summed E-state index contributed by atoms with van der Waals surface area (Å²) in [5, 5.41) is 10.3. The molecule has 2 heterocycles. The van der Waals surface area contributed by atoms with Gasteiger partial charge < -0.3 is 20.2 Å². The van der Waals surface area contributed by atoms with E-state index in [2.05, 4.69) is 48.3 Å². The number of amides is 2. The van der Waals surface area contributed by atoms with Crippen molar-refractivity contribution in [2.45, 2.75) is 58.5 Å². The summed E-state index contributed by atoms with van der Waals surface area (Å²) in [6, 6.07) is 10.1. The van der Waals surface area contributed by atoms with Gasteiger partial charge in [-0.2, -0.15) is 0 Å². The molecule has 3 rings (SSSR count). The van der Waals surface area contributed by atoms with Gasteiger partial charge in [0.15, 0.2) is 0 Å². The number of benzene rings is 1. The van der Waals surface area contributed by atoms with Crippen molar-refractivity contribution >= 4 is 17.8 Å². The summed E-state index contributed by atoms with van der Waals surface area (Å²) in [5.41, 5.74) is 0.686. The molecule has 2 saturated heterocycles. The molecule has 2 aliphatic heterocycles. The number of nitrogens with one attached hydrogen (secondary N) is 1. The number of likely N-dealkylation sites (tertiary alicyclic amines) is 1. The van der Waals surface area contributed by atoms with Crippen molar-refractivity contribution in [3.8, 4) is 0 Å². The largest absolute Gasteiger partial charge is 0.481 e. The molecular formula is C23H35N3O4. The number of rotatable bonds is 5. The van der Waals surface area contributed by atoms with Crippen LogP contribution in [0.2, 0.25) is 0 Å². The zero-order valence-electron chi connectivity index (χ0n) is 18.6. The van der Waals surface area contributed by atoms with Crippen molar-refractivity contribution < 1.29 is 19.5 Å². The zero-order chi connectivity index (χ0) is 22.3. The number of carbonyl (C=O) groups is 3. The highest BCUT2D eigenvalue weighted by atomic mass is 16.4. The van der Waals surface area contributed by atoms with Gasteiger partial charge in [0.25, 0.3) is 5.97 Å². The maximum atomic E-state index is 12.9. The van der Waals surface area contributed by atoms with E-state index in [9.17, 15) is 9.59 Å². The Balaban J connectivity index is 0.000000735. The Bertz CT molecular complexity index is 723. The number of carboxylic acid groups (broad SMARTS) is 1. The van der Waals surface area contributed by atoms with E-state index in [1.807, 2.05) is 11.0 Å². The quantitative estimate of drug-likeness (QED) is 0.766. The van der Waals surface area contributed by atoms with Crippen molar-refractivity contribution in [1.29, 1.82) is 0 Å². The van der Waals surface area contributed by atoms with Crippen molar-refractivity contribution in [2.24, 2.45) is 5.92 Å². The Kier molecular flexibility index (Phi) is 8.41. The Morgan fingerprint density at radius 1 is 1.20 bits per heavy atom. The molecule has 0 saturated carbocycles. The van der Waals surface area contributed by atoms with Crippen molar-refractivity contribution in [2.75, 3.05) is 26.2 Å². The molecule has 2 amide bonds. The van der Waals surface area contributed by atoms with Gasteiger partial charge in [0.1, 0.15) is 11.6 Å². The van der Waals surface area contributed by atoms with Gasteiger partial charge in [0, 0.05) is 33.1 Å². The van der Waals surface area contributed by atoms with Crippen molar-refractivity contribution in [1.82, 2.24) is 15.1 Å². The van der Waals surface area contributed by atoms with Gasteiger partial charge in [-0.3, -0.25) is 14.4 Å². The third-order valence-electron chi connectivity index (χ3n) is 5.71. The fraction of sp³-hybridized carbons (Fsp3) is 0.609. The first-order valence-electron chi connectivity index (χ1n) is 10.7. The first-order valence-corrected chi connectivity index (χ1v) is 10.7. The third-order valence-corrected chi connectivity index (χ3v) is 5.71. The molecule has 2 fully saturated rings. The summed E-state index contributed by atoms with van der Waals surface area (Å²) in [6.45, 7) is 10.4. The number of piperidine rings is 1. The van der Waals surface area contributed by atoms with E-state index in [0.717, 1.165) is 45.8 Å². The normalized spacial score (nSPS) is 21.2. The average Bonchev–Trinajstić information content (AvgIpc) is 2.69. The molecule has 2 aliphatic rings. The minimum Gasteiger partial charge on any atom is -0.481 e. The van der Waals surface area contributed by atoms with Gasteiger partial charge in [-0.25, -0.2) is 0 Å². The SMILES string of the molecule is CC(=O)O.CC(C)CN1C(=O)[C@H](C)NC(=O)C12CCN(CCc1ccccc1)CC2. The van der Waals surface area contributed by atoms with Crippen LogP contribution >= 0.6 is 0 Å². The van der Waals surface area contributed by atoms with E-state index in [1.54, 1.807) is 6.92 Å². The van der Waals surface area contributed by atoms with E-state index in [4.69, 9.17) is 9.90 Å². The minimum absolute atomic E-state index is 0.0351. The number of hydrogen-bond donors (Lipinski definition) is 2. The summed E-state index contributed by atoms with van der Waals surface area (Å²) >= 11 is 0. The van der Waals surface area contributed by atoms with Gasteiger partial charge in [0.05, 0.1) is 0 Å². The summed E-state index contributed by atoms with van der Waals surface area (Å²) in [7, 11) is 0. The van der Waals surface area contributed by atoms with Gasteiger partial charge in [-0.05, 0) is 37.7 Å².